The molecule has 1 N–H and O–H groups in total. The van der Waals surface area contributed by atoms with Crippen molar-refractivity contribution in [2.75, 3.05) is 31.5 Å². The summed E-state index contributed by atoms with van der Waals surface area (Å²) in [6.45, 7) is 11.7. The molecule has 0 radical (unpaired) electrons. The molecule has 0 amide bonds. The molecule has 2 heteroatoms. The first kappa shape index (κ1) is 12.9. The molecule has 1 aliphatic rings. The van der Waals surface area contributed by atoms with Crippen molar-refractivity contribution in [2.24, 2.45) is 0 Å². The topological polar surface area (TPSA) is 15.3 Å². The Morgan fingerprint density at radius 1 is 1.22 bits per heavy atom. The molecular formula is C16H22N2. The van der Waals surface area contributed by atoms with Gasteiger partial charge in [-0.25, -0.2) is 0 Å². The predicted molar refractivity (Wildman–Crippen MR) is 79.1 cm³/mol. The molecule has 2 rings (SSSR count). The first-order chi connectivity index (χ1) is 8.85. The lowest BCUT2D eigenvalue weighted by molar-refractivity contribution is 0.304. The number of benzene rings is 1. The molecule has 0 fully saturated rings. The summed E-state index contributed by atoms with van der Waals surface area (Å²) in [6, 6.07) is 8.64. The van der Waals surface area contributed by atoms with Crippen molar-refractivity contribution < 1.29 is 0 Å². The van der Waals surface area contributed by atoms with Crippen LogP contribution in [-0.2, 0) is 0 Å². The highest BCUT2D eigenvalue weighted by molar-refractivity contribution is 5.54. The SMILES string of the molecule is C=CCN(CC=C)CC1CCNc2ccccc21. The van der Waals surface area contributed by atoms with Gasteiger partial charge in [0.15, 0.2) is 0 Å². The van der Waals surface area contributed by atoms with Gasteiger partial charge in [-0.05, 0) is 18.1 Å². The Morgan fingerprint density at radius 3 is 2.67 bits per heavy atom. The normalized spacial score (nSPS) is 17.9. The number of anilines is 1. The largest absolute Gasteiger partial charge is 0.385 e. The van der Waals surface area contributed by atoms with Crippen molar-refractivity contribution in [2.45, 2.75) is 12.3 Å². The highest BCUT2D eigenvalue weighted by atomic mass is 15.1. The van der Waals surface area contributed by atoms with Crippen LogP contribution in [0.15, 0.2) is 49.6 Å². The Kier molecular flexibility index (Phi) is 4.59. The third-order valence-electron chi connectivity index (χ3n) is 3.46. The molecule has 1 heterocycles. The van der Waals surface area contributed by atoms with Gasteiger partial charge in [-0.2, -0.15) is 0 Å². The van der Waals surface area contributed by atoms with Crippen LogP contribution in [0.2, 0.25) is 0 Å². The van der Waals surface area contributed by atoms with Crippen LogP contribution in [0.25, 0.3) is 0 Å². The summed E-state index contributed by atoms with van der Waals surface area (Å²) >= 11 is 0. The standard InChI is InChI=1S/C16H22N2/c1-3-11-18(12-4-2)13-14-9-10-17-16-8-6-5-7-15(14)16/h3-8,14,17H,1-2,9-13H2. The molecule has 0 saturated heterocycles. The number of para-hydroxylation sites is 1. The van der Waals surface area contributed by atoms with Crippen molar-refractivity contribution in [3.05, 3.63) is 55.1 Å². The van der Waals surface area contributed by atoms with Gasteiger partial charge >= 0.3 is 0 Å². The van der Waals surface area contributed by atoms with Gasteiger partial charge in [-0.1, -0.05) is 30.4 Å². The van der Waals surface area contributed by atoms with Crippen LogP contribution >= 0.6 is 0 Å². The van der Waals surface area contributed by atoms with Crippen LogP contribution in [0.5, 0.6) is 0 Å². The zero-order valence-corrected chi connectivity index (χ0v) is 10.9. The molecule has 1 aromatic rings. The van der Waals surface area contributed by atoms with Gasteiger partial charge in [0, 0.05) is 37.8 Å². The van der Waals surface area contributed by atoms with Crippen molar-refractivity contribution in [1.82, 2.24) is 4.90 Å². The Morgan fingerprint density at radius 2 is 1.94 bits per heavy atom. The average molecular weight is 242 g/mol. The van der Waals surface area contributed by atoms with Crippen molar-refractivity contribution in [3.8, 4) is 0 Å². The zero-order chi connectivity index (χ0) is 12.8. The van der Waals surface area contributed by atoms with E-state index in [2.05, 4.69) is 47.6 Å². The van der Waals surface area contributed by atoms with E-state index < -0.39 is 0 Å². The van der Waals surface area contributed by atoms with Gasteiger partial charge in [0.2, 0.25) is 0 Å². The zero-order valence-electron chi connectivity index (χ0n) is 10.9. The summed E-state index contributed by atoms with van der Waals surface area (Å²) in [5, 5.41) is 3.47. The predicted octanol–water partition coefficient (Wildman–Crippen LogP) is 3.26. The number of fused-ring (bicyclic) bond motifs is 1. The van der Waals surface area contributed by atoms with Crippen LogP contribution in [0.3, 0.4) is 0 Å². The van der Waals surface area contributed by atoms with E-state index >= 15 is 0 Å². The molecular weight excluding hydrogens is 220 g/mol. The van der Waals surface area contributed by atoms with E-state index in [1.165, 1.54) is 17.7 Å². The maximum absolute atomic E-state index is 3.83. The molecule has 0 bridgehead atoms. The fourth-order valence-corrected chi connectivity index (χ4v) is 2.64. The highest BCUT2D eigenvalue weighted by Crippen LogP contribution is 2.31. The van der Waals surface area contributed by atoms with Gasteiger partial charge in [-0.15, -0.1) is 13.2 Å². The van der Waals surface area contributed by atoms with E-state index in [0.717, 1.165) is 26.2 Å². The van der Waals surface area contributed by atoms with Gasteiger partial charge in [0.1, 0.15) is 0 Å². The summed E-state index contributed by atoms with van der Waals surface area (Å²) in [5.41, 5.74) is 2.74. The van der Waals surface area contributed by atoms with Gasteiger partial charge in [0.05, 0.1) is 0 Å². The summed E-state index contributed by atoms with van der Waals surface area (Å²) in [7, 11) is 0. The molecule has 0 spiro atoms. The molecule has 0 saturated carbocycles. The molecule has 1 atom stereocenters. The van der Waals surface area contributed by atoms with Gasteiger partial charge in [-0.3, -0.25) is 4.90 Å². The van der Waals surface area contributed by atoms with E-state index in [9.17, 15) is 0 Å². The van der Waals surface area contributed by atoms with Crippen LogP contribution in [-0.4, -0.2) is 31.1 Å². The fourth-order valence-electron chi connectivity index (χ4n) is 2.64. The third kappa shape index (κ3) is 3.02. The minimum Gasteiger partial charge on any atom is -0.385 e. The second-order valence-electron chi connectivity index (χ2n) is 4.80. The summed E-state index contributed by atoms with van der Waals surface area (Å²) in [4.78, 5) is 2.40. The maximum Gasteiger partial charge on any atom is 0.0376 e. The second-order valence-corrected chi connectivity index (χ2v) is 4.80. The van der Waals surface area contributed by atoms with Crippen LogP contribution in [0.4, 0.5) is 5.69 Å². The minimum atomic E-state index is 0.613. The third-order valence-corrected chi connectivity index (χ3v) is 3.46. The summed E-state index contributed by atoms with van der Waals surface area (Å²) in [5.74, 6) is 0.613. The highest BCUT2D eigenvalue weighted by Gasteiger charge is 2.21. The average Bonchev–Trinajstić information content (AvgIpc) is 2.40. The van der Waals surface area contributed by atoms with Gasteiger partial charge < -0.3 is 5.32 Å². The van der Waals surface area contributed by atoms with Gasteiger partial charge in [0.25, 0.3) is 0 Å². The lowest BCUT2D eigenvalue weighted by atomic mass is 9.90. The smallest absolute Gasteiger partial charge is 0.0376 e. The second kappa shape index (κ2) is 6.41. The van der Waals surface area contributed by atoms with Crippen molar-refractivity contribution in [1.29, 1.82) is 0 Å². The summed E-state index contributed by atoms with van der Waals surface area (Å²) in [6.07, 6.45) is 5.13. The molecule has 18 heavy (non-hydrogen) atoms. The first-order valence-electron chi connectivity index (χ1n) is 6.62. The van der Waals surface area contributed by atoms with Crippen molar-refractivity contribution >= 4 is 5.69 Å². The number of rotatable bonds is 6. The molecule has 96 valence electrons. The molecule has 2 nitrogen and oxygen atoms in total. The monoisotopic (exact) mass is 242 g/mol. The van der Waals surface area contributed by atoms with Crippen molar-refractivity contribution in [3.63, 3.8) is 0 Å². The number of hydrogen-bond donors (Lipinski definition) is 1. The molecule has 1 aliphatic heterocycles. The molecule has 0 aliphatic carbocycles. The lowest BCUT2D eigenvalue weighted by Gasteiger charge is -2.31. The fraction of sp³-hybridized carbons (Fsp3) is 0.375. The van der Waals surface area contributed by atoms with Crippen LogP contribution < -0.4 is 5.32 Å². The van der Waals surface area contributed by atoms with E-state index in [1.54, 1.807) is 0 Å². The Balaban J connectivity index is 2.09. The quantitative estimate of drug-likeness (QED) is 0.770. The minimum absolute atomic E-state index is 0.613. The van der Waals surface area contributed by atoms with E-state index in [1.807, 2.05) is 12.2 Å². The van der Waals surface area contributed by atoms with Crippen LogP contribution in [0.1, 0.15) is 17.9 Å². The Labute approximate surface area is 110 Å². The number of nitrogens with one attached hydrogen (secondary N) is 1. The van der Waals surface area contributed by atoms with Crippen LogP contribution in [0, 0.1) is 0 Å². The maximum atomic E-state index is 3.83. The molecule has 1 unspecified atom stereocenters. The molecule has 0 aromatic heterocycles. The molecule has 1 aromatic carbocycles. The van der Waals surface area contributed by atoms with E-state index in [-0.39, 0.29) is 0 Å². The number of nitrogens with zero attached hydrogens (tertiary/aromatic N) is 1. The Bertz CT molecular complexity index is 401. The summed E-state index contributed by atoms with van der Waals surface area (Å²) < 4.78 is 0. The Hall–Kier alpha value is -1.54. The van der Waals surface area contributed by atoms with E-state index in [4.69, 9.17) is 0 Å². The van der Waals surface area contributed by atoms with E-state index in [0.29, 0.717) is 5.92 Å². The number of hydrogen-bond acceptors (Lipinski definition) is 2. The lowest BCUT2D eigenvalue weighted by Crippen LogP contribution is -2.31. The first-order valence-corrected chi connectivity index (χ1v) is 6.62.